The van der Waals surface area contributed by atoms with Crippen LogP contribution in [0, 0.1) is 29.4 Å². The van der Waals surface area contributed by atoms with Gasteiger partial charge in [-0.3, -0.25) is 0 Å². The third-order valence-corrected chi connectivity index (χ3v) is 6.47. The molecule has 2 saturated carbocycles. The van der Waals surface area contributed by atoms with Gasteiger partial charge >= 0.3 is 0 Å². The predicted octanol–water partition coefficient (Wildman–Crippen LogP) is 7.40. The van der Waals surface area contributed by atoms with Crippen LogP contribution in [-0.4, -0.2) is 0 Å². The van der Waals surface area contributed by atoms with Crippen LogP contribution in [0.1, 0.15) is 82.6 Å². The Hall–Kier alpha value is -1.18. The van der Waals surface area contributed by atoms with Gasteiger partial charge in [0.05, 0.1) is 0 Å². The van der Waals surface area contributed by atoms with Gasteiger partial charge in [-0.1, -0.05) is 38.0 Å². The Kier molecular flexibility index (Phi) is 6.67. The monoisotopic (exact) mass is 346 g/mol. The summed E-state index contributed by atoms with van der Waals surface area (Å²) in [6.07, 6.45) is 17.6. The van der Waals surface area contributed by atoms with Gasteiger partial charge in [-0.2, -0.15) is 0 Å². The molecule has 2 aliphatic carbocycles. The Balaban J connectivity index is 1.37. The van der Waals surface area contributed by atoms with E-state index in [1.165, 1.54) is 63.5 Å². The van der Waals surface area contributed by atoms with Crippen LogP contribution in [-0.2, 0) is 0 Å². The van der Waals surface area contributed by atoms with Gasteiger partial charge in [0.25, 0.3) is 0 Å². The first-order chi connectivity index (χ1) is 12.1. The molecule has 0 bridgehead atoms. The summed E-state index contributed by atoms with van der Waals surface area (Å²) in [5.41, 5.74) is 0.976. The zero-order valence-electron chi connectivity index (χ0n) is 15.5. The van der Waals surface area contributed by atoms with E-state index in [0.29, 0.717) is 5.92 Å². The number of hydrogen-bond donors (Lipinski definition) is 0. The Morgan fingerprint density at radius 3 is 2.32 bits per heavy atom. The van der Waals surface area contributed by atoms with Crippen LogP contribution in [0.25, 0.3) is 0 Å². The molecule has 0 N–H and O–H groups in total. The van der Waals surface area contributed by atoms with Gasteiger partial charge in [-0.15, -0.1) is 0 Å². The van der Waals surface area contributed by atoms with Crippen molar-refractivity contribution in [3.8, 4) is 0 Å². The molecule has 2 aliphatic rings. The van der Waals surface area contributed by atoms with Gasteiger partial charge in [-0.25, -0.2) is 8.78 Å². The van der Waals surface area contributed by atoms with Crippen LogP contribution in [0.5, 0.6) is 0 Å². The topological polar surface area (TPSA) is 0 Å². The van der Waals surface area contributed by atoms with Crippen molar-refractivity contribution in [3.63, 3.8) is 0 Å². The summed E-state index contributed by atoms with van der Waals surface area (Å²) in [6.45, 7) is 2.37. The Morgan fingerprint density at radius 1 is 0.920 bits per heavy atom. The molecule has 1 aromatic carbocycles. The third kappa shape index (κ3) is 5.39. The molecule has 2 heteroatoms. The van der Waals surface area contributed by atoms with Gasteiger partial charge in [0.15, 0.2) is 11.6 Å². The van der Waals surface area contributed by atoms with Crippen molar-refractivity contribution < 1.29 is 8.78 Å². The second kappa shape index (κ2) is 8.96. The fourth-order valence-corrected chi connectivity index (χ4v) is 4.65. The first kappa shape index (κ1) is 18.6. The summed E-state index contributed by atoms with van der Waals surface area (Å²) in [4.78, 5) is 0. The molecule has 0 nitrogen and oxygen atoms in total. The molecule has 1 aromatic rings. The lowest BCUT2D eigenvalue weighted by atomic mass is 9.77. The van der Waals surface area contributed by atoms with E-state index in [1.54, 1.807) is 6.07 Å². The molecule has 3 rings (SSSR count). The quantitative estimate of drug-likeness (QED) is 0.487. The van der Waals surface area contributed by atoms with Crippen LogP contribution >= 0.6 is 0 Å². The lowest BCUT2D eigenvalue weighted by molar-refractivity contribution is 0.310. The molecular formula is C23H32F2. The highest BCUT2D eigenvalue weighted by Gasteiger charge is 2.22. The van der Waals surface area contributed by atoms with E-state index in [1.807, 2.05) is 0 Å². The molecule has 0 amide bonds. The standard InChI is InChI=1S/C23H32F2/c1-17-6-8-18(9-7-17)4-2-3-5-19-10-12-20(13-11-19)21-14-15-22(24)23(25)16-21/h2,4,14-20H,3,5-13H2,1H3/b4-2+. The number of rotatable bonds is 5. The average molecular weight is 347 g/mol. The van der Waals surface area contributed by atoms with E-state index < -0.39 is 11.6 Å². The maximum Gasteiger partial charge on any atom is 0.159 e. The van der Waals surface area contributed by atoms with Gasteiger partial charge in [0.1, 0.15) is 0 Å². The van der Waals surface area contributed by atoms with Gasteiger partial charge in [-0.05, 0) is 92.7 Å². The molecule has 0 radical (unpaired) electrons. The highest BCUT2D eigenvalue weighted by atomic mass is 19.2. The normalized spacial score (nSPS) is 30.7. The second-order valence-electron chi connectivity index (χ2n) is 8.42. The largest absolute Gasteiger partial charge is 0.204 e. The number of benzene rings is 1. The maximum atomic E-state index is 13.4. The van der Waals surface area contributed by atoms with Crippen LogP contribution in [0.2, 0.25) is 0 Å². The lowest BCUT2D eigenvalue weighted by Crippen LogP contribution is -2.13. The molecule has 0 aliphatic heterocycles. The molecule has 0 saturated heterocycles. The Morgan fingerprint density at radius 2 is 1.64 bits per heavy atom. The Labute approximate surface area is 151 Å². The summed E-state index contributed by atoms with van der Waals surface area (Å²) >= 11 is 0. The van der Waals surface area contributed by atoms with Gasteiger partial charge in [0, 0.05) is 0 Å². The number of halogens is 2. The summed E-state index contributed by atoms with van der Waals surface area (Å²) in [5, 5.41) is 0. The summed E-state index contributed by atoms with van der Waals surface area (Å²) in [6, 6.07) is 4.43. The van der Waals surface area contributed by atoms with Gasteiger partial charge < -0.3 is 0 Å². The van der Waals surface area contributed by atoms with Crippen LogP contribution in [0.4, 0.5) is 8.78 Å². The molecular weight excluding hydrogens is 314 g/mol. The summed E-state index contributed by atoms with van der Waals surface area (Å²) in [7, 11) is 0. The second-order valence-corrected chi connectivity index (χ2v) is 8.42. The highest BCUT2D eigenvalue weighted by Crippen LogP contribution is 2.38. The molecule has 2 fully saturated rings. The summed E-state index contributed by atoms with van der Waals surface area (Å²) in [5.74, 6) is 1.51. The smallest absolute Gasteiger partial charge is 0.159 e. The Bertz CT molecular complexity index is 561. The molecule has 0 atom stereocenters. The van der Waals surface area contributed by atoms with Crippen molar-refractivity contribution in [2.45, 2.75) is 77.0 Å². The number of allylic oxidation sites excluding steroid dienone is 2. The predicted molar refractivity (Wildman–Crippen MR) is 101 cm³/mol. The molecule has 0 unspecified atom stereocenters. The SMILES string of the molecule is CC1CCC(/C=C/CCC2CCC(c3ccc(F)c(F)c3)CC2)CC1. The molecule has 25 heavy (non-hydrogen) atoms. The van der Waals surface area contributed by atoms with E-state index in [2.05, 4.69) is 19.1 Å². The first-order valence-electron chi connectivity index (χ1n) is 10.2. The fraction of sp³-hybridized carbons (Fsp3) is 0.652. The molecule has 0 spiro atoms. The lowest BCUT2D eigenvalue weighted by Gasteiger charge is -2.28. The van der Waals surface area contributed by atoms with Crippen molar-refractivity contribution in [2.75, 3.05) is 0 Å². The van der Waals surface area contributed by atoms with Crippen molar-refractivity contribution in [3.05, 3.63) is 47.5 Å². The average Bonchev–Trinajstić information content (AvgIpc) is 2.63. The molecule has 0 aromatic heterocycles. The fourth-order valence-electron chi connectivity index (χ4n) is 4.65. The minimum absolute atomic E-state index is 0.408. The summed E-state index contributed by atoms with van der Waals surface area (Å²) < 4.78 is 26.5. The van der Waals surface area contributed by atoms with E-state index in [-0.39, 0.29) is 0 Å². The van der Waals surface area contributed by atoms with E-state index in [9.17, 15) is 8.78 Å². The van der Waals surface area contributed by atoms with Crippen LogP contribution in [0.3, 0.4) is 0 Å². The first-order valence-corrected chi connectivity index (χ1v) is 10.2. The van der Waals surface area contributed by atoms with E-state index in [4.69, 9.17) is 0 Å². The third-order valence-electron chi connectivity index (χ3n) is 6.47. The van der Waals surface area contributed by atoms with E-state index in [0.717, 1.165) is 36.2 Å². The van der Waals surface area contributed by atoms with Crippen molar-refractivity contribution in [1.82, 2.24) is 0 Å². The van der Waals surface area contributed by atoms with Crippen LogP contribution < -0.4 is 0 Å². The van der Waals surface area contributed by atoms with Crippen molar-refractivity contribution >= 4 is 0 Å². The highest BCUT2D eigenvalue weighted by molar-refractivity contribution is 5.22. The van der Waals surface area contributed by atoms with Crippen molar-refractivity contribution in [2.24, 2.45) is 17.8 Å². The van der Waals surface area contributed by atoms with Crippen molar-refractivity contribution in [1.29, 1.82) is 0 Å². The minimum atomic E-state index is -0.739. The van der Waals surface area contributed by atoms with E-state index >= 15 is 0 Å². The minimum Gasteiger partial charge on any atom is -0.204 e. The molecule has 0 heterocycles. The van der Waals surface area contributed by atoms with Gasteiger partial charge in [0.2, 0.25) is 0 Å². The zero-order chi connectivity index (χ0) is 17.6. The maximum absolute atomic E-state index is 13.4. The number of hydrogen-bond acceptors (Lipinski definition) is 0. The van der Waals surface area contributed by atoms with Crippen LogP contribution in [0.15, 0.2) is 30.4 Å². The zero-order valence-corrected chi connectivity index (χ0v) is 15.5. The molecule has 138 valence electrons.